The van der Waals surface area contributed by atoms with E-state index in [1.807, 2.05) is 0 Å². The molecule has 5 nitrogen and oxygen atoms in total. The summed E-state index contributed by atoms with van der Waals surface area (Å²) in [5.41, 5.74) is 0.944. The first-order valence-corrected chi connectivity index (χ1v) is 6.60. The largest absolute Gasteiger partial charge is 0.419 e. The number of carbonyl (C=O) groups excluding carboxylic acids is 2. The molecule has 1 fully saturated rings. The van der Waals surface area contributed by atoms with Crippen LogP contribution < -0.4 is 5.32 Å². The molecule has 0 bridgehead atoms. The molecule has 0 radical (unpaired) electrons. The van der Waals surface area contributed by atoms with Crippen LogP contribution in [0.3, 0.4) is 0 Å². The van der Waals surface area contributed by atoms with Crippen molar-refractivity contribution in [2.24, 2.45) is 0 Å². The van der Waals surface area contributed by atoms with E-state index < -0.39 is 17.7 Å². The zero-order valence-electron chi connectivity index (χ0n) is 11.3. The number of ether oxygens (including phenoxy) is 2. The Morgan fingerprint density at radius 1 is 1.16 bits per heavy atom. The molecule has 1 saturated heterocycles. The fourth-order valence-corrected chi connectivity index (χ4v) is 2.09. The van der Waals surface area contributed by atoms with E-state index >= 15 is 0 Å². The molecule has 104 valence electrons. The second-order valence-corrected chi connectivity index (χ2v) is 5.21. The van der Waals surface area contributed by atoms with Crippen molar-refractivity contribution in [1.82, 2.24) is 5.32 Å². The third kappa shape index (κ3) is 3.59. The molecule has 1 N–H and O–H groups in total. The SMILES string of the molecule is CC1(C)OC(=O)C(=CNC2=CCCCCC2)C(=O)O1. The normalized spacial score (nSPS) is 22.8. The van der Waals surface area contributed by atoms with E-state index in [-0.39, 0.29) is 5.57 Å². The Bertz CT molecular complexity index is 426. The zero-order valence-corrected chi connectivity index (χ0v) is 11.3. The van der Waals surface area contributed by atoms with Gasteiger partial charge in [0, 0.05) is 25.7 Å². The quantitative estimate of drug-likeness (QED) is 0.471. The van der Waals surface area contributed by atoms with Crippen LogP contribution in [-0.2, 0) is 19.1 Å². The van der Waals surface area contributed by atoms with Crippen LogP contribution >= 0.6 is 0 Å². The molecule has 0 atom stereocenters. The van der Waals surface area contributed by atoms with Crippen LogP contribution in [0.25, 0.3) is 0 Å². The standard InChI is InChI=1S/C14H19NO4/c1-14(2)18-12(16)11(13(17)19-14)9-15-10-7-5-3-4-6-8-10/h7,9,15H,3-6,8H2,1-2H3. The van der Waals surface area contributed by atoms with Crippen LogP contribution in [-0.4, -0.2) is 17.7 Å². The minimum Gasteiger partial charge on any atom is -0.419 e. The molecular formula is C14H19NO4. The molecule has 0 unspecified atom stereocenters. The lowest BCUT2D eigenvalue weighted by molar-refractivity contribution is -0.222. The van der Waals surface area contributed by atoms with E-state index in [4.69, 9.17) is 9.47 Å². The lowest BCUT2D eigenvalue weighted by atomic mass is 10.2. The van der Waals surface area contributed by atoms with Gasteiger partial charge in [-0.3, -0.25) is 0 Å². The van der Waals surface area contributed by atoms with E-state index in [0.717, 1.165) is 25.0 Å². The predicted octanol–water partition coefficient (Wildman–Crippen LogP) is 2.14. The van der Waals surface area contributed by atoms with E-state index in [9.17, 15) is 9.59 Å². The first kappa shape index (κ1) is 13.6. The van der Waals surface area contributed by atoms with Gasteiger partial charge in [-0.25, -0.2) is 9.59 Å². The Labute approximate surface area is 112 Å². The van der Waals surface area contributed by atoms with Gasteiger partial charge in [-0.2, -0.15) is 0 Å². The Morgan fingerprint density at radius 2 is 1.84 bits per heavy atom. The summed E-state index contributed by atoms with van der Waals surface area (Å²) in [4.78, 5) is 23.4. The minimum absolute atomic E-state index is 0.0931. The number of cyclic esters (lactones) is 2. The average Bonchev–Trinajstić information content (AvgIpc) is 2.54. The van der Waals surface area contributed by atoms with E-state index in [2.05, 4.69) is 11.4 Å². The zero-order chi connectivity index (χ0) is 13.9. The van der Waals surface area contributed by atoms with Gasteiger partial charge in [-0.15, -0.1) is 0 Å². The third-order valence-corrected chi connectivity index (χ3v) is 3.06. The molecule has 0 aromatic heterocycles. The molecule has 0 aromatic rings. The monoisotopic (exact) mass is 265 g/mol. The number of hydrogen-bond acceptors (Lipinski definition) is 5. The van der Waals surface area contributed by atoms with Crippen molar-refractivity contribution in [3.63, 3.8) is 0 Å². The molecule has 5 heteroatoms. The van der Waals surface area contributed by atoms with Crippen molar-refractivity contribution >= 4 is 11.9 Å². The smallest absolute Gasteiger partial charge is 0.350 e. The molecule has 1 heterocycles. The highest BCUT2D eigenvalue weighted by molar-refractivity contribution is 6.15. The highest BCUT2D eigenvalue weighted by Gasteiger charge is 2.38. The van der Waals surface area contributed by atoms with Crippen LogP contribution in [0.1, 0.15) is 46.0 Å². The van der Waals surface area contributed by atoms with Crippen LogP contribution in [0.4, 0.5) is 0 Å². The molecule has 0 spiro atoms. The third-order valence-electron chi connectivity index (χ3n) is 3.06. The molecule has 0 aromatic carbocycles. The van der Waals surface area contributed by atoms with Gasteiger partial charge in [0.15, 0.2) is 5.57 Å². The van der Waals surface area contributed by atoms with Gasteiger partial charge in [0.25, 0.3) is 5.79 Å². The topological polar surface area (TPSA) is 64.6 Å². The highest BCUT2D eigenvalue weighted by Crippen LogP contribution is 2.22. The summed E-state index contributed by atoms with van der Waals surface area (Å²) in [5, 5.41) is 3.02. The van der Waals surface area contributed by atoms with Gasteiger partial charge in [-0.05, 0) is 25.7 Å². The average molecular weight is 265 g/mol. The molecule has 0 amide bonds. The number of allylic oxidation sites excluding steroid dienone is 2. The van der Waals surface area contributed by atoms with E-state index in [1.165, 1.54) is 32.9 Å². The first-order chi connectivity index (χ1) is 8.98. The van der Waals surface area contributed by atoms with Gasteiger partial charge < -0.3 is 14.8 Å². The van der Waals surface area contributed by atoms with Crippen molar-refractivity contribution in [1.29, 1.82) is 0 Å². The first-order valence-electron chi connectivity index (χ1n) is 6.60. The van der Waals surface area contributed by atoms with Crippen molar-refractivity contribution in [2.75, 3.05) is 0 Å². The van der Waals surface area contributed by atoms with Gasteiger partial charge in [-0.1, -0.05) is 12.5 Å². The van der Waals surface area contributed by atoms with Crippen LogP contribution in [0.15, 0.2) is 23.5 Å². The van der Waals surface area contributed by atoms with Crippen LogP contribution in [0.5, 0.6) is 0 Å². The summed E-state index contributed by atoms with van der Waals surface area (Å²) >= 11 is 0. The van der Waals surface area contributed by atoms with Crippen molar-refractivity contribution in [3.8, 4) is 0 Å². The predicted molar refractivity (Wildman–Crippen MR) is 68.6 cm³/mol. The van der Waals surface area contributed by atoms with Gasteiger partial charge >= 0.3 is 11.9 Å². The molecule has 2 aliphatic rings. The summed E-state index contributed by atoms with van der Waals surface area (Å²) in [6.07, 6.45) is 8.94. The number of rotatable bonds is 2. The van der Waals surface area contributed by atoms with Crippen molar-refractivity contribution in [3.05, 3.63) is 23.5 Å². The second-order valence-electron chi connectivity index (χ2n) is 5.21. The molecule has 19 heavy (non-hydrogen) atoms. The number of esters is 2. The van der Waals surface area contributed by atoms with E-state index in [0.29, 0.717) is 0 Å². The molecular weight excluding hydrogens is 246 g/mol. The number of hydrogen-bond donors (Lipinski definition) is 1. The summed E-state index contributed by atoms with van der Waals surface area (Å²) < 4.78 is 10.0. The Kier molecular flexibility index (Phi) is 3.93. The minimum atomic E-state index is -1.19. The molecule has 2 rings (SSSR count). The van der Waals surface area contributed by atoms with Gasteiger partial charge in [0.1, 0.15) is 0 Å². The molecule has 0 saturated carbocycles. The van der Waals surface area contributed by atoms with Gasteiger partial charge in [0.05, 0.1) is 0 Å². The lowest BCUT2D eigenvalue weighted by Crippen LogP contribution is -2.42. The van der Waals surface area contributed by atoms with Crippen LogP contribution in [0.2, 0.25) is 0 Å². The maximum Gasteiger partial charge on any atom is 0.350 e. The Balaban J connectivity index is 2.04. The molecule has 1 aliphatic carbocycles. The fraction of sp³-hybridized carbons (Fsp3) is 0.571. The number of carbonyl (C=O) groups is 2. The van der Waals surface area contributed by atoms with Crippen LogP contribution in [0, 0.1) is 0 Å². The summed E-state index contributed by atoms with van der Waals surface area (Å²) in [5.74, 6) is -2.49. The maximum absolute atomic E-state index is 11.7. The van der Waals surface area contributed by atoms with Gasteiger partial charge in [0.2, 0.25) is 0 Å². The Hall–Kier alpha value is -1.78. The van der Waals surface area contributed by atoms with E-state index in [1.54, 1.807) is 0 Å². The Morgan fingerprint density at radius 3 is 2.53 bits per heavy atom. The summed E-state index contributed by atoms with van der Waals surface area (Å²) in [7, 11) is 0. The van der Waals surface area contributed by atoms with Crippen molar-refractivity contribution in [2.45, 2.75) is 51.7 Å². The second kappa shape index (κ2) is 5.47. The highest BCUT2D eigenvalue weighted by atomic mass is 16.7. The fourth-order valence-electron chi connectivity index (χ4n) is 2.09. The molecule has 1 aliphatic heterocycles. The summed E-state index contributed by atoms with van der Waals surface area (Å²) in [6, 6.07) is 0. The number of nitrogens with one attached hydrogen (secondary N) is 1. The maximum atomic E-state index is 11.7. The summed E-state index contributed by atoms with van der Waals surface area (Å²) in [6.45, 7) is 3.06. The van der Waals surface area contributed by atoms with Crippen molar-refractivity contribution < 1.29 is 19.1 Å². The lowest BCUT2D eigenvalue weighted by Gasteiger charge is -2.29.